The number of anilines is 1. The maximum Gasteiger partial charge on any atom is 0.239 e. The highest BCUT2D eigenvalue weighted by atomic mass is 16.2. The lowest BCUT2D eigenvalue weighted by Gasteiger charge is -2.39. The molecule has 0 spiro atoms. The number of imide groups is 1. The van der Waals surface area contributed by atoms with E-state index in [-0.39, 0.29) is 17.6 Å². The fourth-order valence-electron chi connectivity index (χ4n) is 8.97. The molecule has 2 amide bonds. The molecular weight excluding hydrogens is 578 g/mol. The Balaban J connectivity index is 1.45. The first-order chi connectivity index (χ1) is 23.1. The normalized spacial score (nSPS) is 24.8. The lowest BCUT2D eigenvalue weighted by molar-refractivity contribution is -0.130. The maximum atomic E-state index is 16.0. The van der Waals surface area contributed by atoms with Gasteiger partial charge in [0.2, 0.25) is 11.8 Å². The molecular formula is C43H29NO3. The van der Waals surface area contributed by atoms with Crippen LogP contribution in [0, 0.1) is 11.8 Å². The third-order valence-corrected chi connectivity index (χ3v) is 10.6. The van der Waals surface area contributed by atoms with Crippen LogP contribution < -0.4 is 4.90 Å². The smallest absolute Gasteiger partial charge is 0.239 e. The predicted octanol–water partition coefficient (Wildman–Crippen LogP) is 8.03. The molecule has 224 valence electrons. The minimum atomic E-state index is -1.42. The molecule has 0 radical (unpaired) electrons. The highest BCUT2D eigenvalue weighted by molar-refractivity contribution is 6.39. The zero-order valence-electron chi connectivity index (χ0n) is 25.4. The van der Waals surface area contributed by atoms with Crippen LogP contribution in [-0.2, 0) is 25.2 Å². The van der Waals surface area contributed by atoms with Crippen LogP contribution >= 0.6 is 0 Å². The van der Waals surface area contributed by atoms with Gasteiger partial charge < -0.3 is 0 Å². The zero-order chi connectivity index (χ0) is 31.8. The fourth-order valence-corrected chi connectivity index (χ4v) is 8.97. The molecule has 1 saturated carbocycles. The van der Waals surface area contributed by atoms with Gasteiger partial charge in [-0.3, -0.25) is 14.4 Å². The van der Waals surface area contributed by atoms with Gasteiger partial charge in [0, 0.05) is 5.39 Å². The van der Waals surface area contributed by atoms with Crippen LogP contribution in [0.1, 0.15) is 22.3 Å². The average molecular weight is 608 g/mol. The van der Waals surface area contributed by atoms with Crippen LogP contribution in [0.2, 0.25) is 0 Å². The molecule has 4 atom stereocenters. The van der Waals surface area contributed by atoms with Gasteiger partial charge in [-0.25, -0.2) is 4.90 Å². The molecule has 1 aliphatic heterocycles. The summed E-state index contributed by atoms with van der Waals surface area (Å²) in [5.41, 5.74) is 2.49. The van der Waals surface area contributed by atoms with Crippen LogP contribution in [0.3, 0.4) is 0 Å². The number of amides is 2. The molecule has 1 saturated heterocycles. The summed E-state index contributed by atoms with van der Waals surface area (Å²) in [4.78, 5) is 47.9. The third-order valence-electron chi connectivity index (χ3n) is 10.6. The quantitative estimate of drug-likeness (QED) is 0.187. The zero-order valence-corrected chi connectivity index (χ0v) is 25.4. The number of fused-ring (bicyclic) bond motifs is 6. The van der Waals surface area contributed by atoms with Crippen molar-refractivity contribution in [2.45, 2.75) is 10.8 Å². The monoisotopic (exact) mass is 607 g/mol. The van der Waals surface area contributed by atoms with E-state index >= 15 is 14.4 Å². The van der Waals surface area contributed by atoms with Crippen LogP contribution in [0.15, 0.2) is 164 Å². The Labute approximate surface area is 272 Å². The molecule has 4 nitrogen and oxygen atoms in total. The van der Waals surface area contributed by atoms with Crippen molar-refractivity contribution in [2.75, 3.05) is 4.90 Å². The van der Waals surface area contributed by atoms with E-state index in [1.54, 1.807) is 0 Å². The molecule has 4 heteroatoms. The van der Waals surface area contributed by atoms with E-state index in [0.717, 1.165) is 44.2 Å². The van der Waals surface area contributed by atoms with Crippen molar-refractivity contribution in [3.63, 3.8) is 0 Å². The van der Waals surface area contributed by atoms with Crippen molar-refractivity contribution in [1.82, 2.24) is 0 Å². The second kappa shape index (κ2) is 10.1. The number of hydrogen-bond donors (Lipinski definition) is 0. The van der Waals surface area contributed by atoms with Gasteiger partial charge in [0.15, 0.2) is 5.78 Å². The highest BCUT2D eigenvalue weighted by Crippen LogP contribution is 2.74. The number of ketones is 1. The van der Waals surface area contributed by atoms with Gasteiger partial charge in [-0.15, -0.1) is 0 Å². The van der Waals surface area contributed by atoms with E-state index in [4.69, 9.17) is 0 Å². The molecule has 0 aromatic heterocycles. The topological polar surface area (TPSA) is 54.5 Å². The Morgan fingerprint density at radius 3 is 1.32 bits per heavy atom. The van der Waals surface area contributed by atoms with Crippen LogP contribution in [0.5, 0.6) is 0 Å². The summed E-state index contributed by atoms with van der Waals surface area (Å²) in [5.74, 6) is -2.70. The average Bonchev–Trinajstić information content (AvgIpc) is 3.65. The molecule has 6 aromatic carbocycles. The molecule has 3 aliphatic rings. The molecule has 6 aromatic rings. The van der Waals surface area contributed by atoms with Gasteiger partial charge in [0.25, 0.3) is 0 Å². The fraction of sp³-hybridized carbons (Fsp3) is 0.0930. The van der Waals surface area contributed by atoms with Gasteiger partial charge in [0.1, 0.15) is 0 Å². The second-order valence-electron chi connectivity index (χ2n) is 12.6. The molecule has 2 fully saturated rings. The van der Waals surface area contributed by atoms with Crippen molar-refractivity contribution >= 4 is 45.2 Å². The standard InChI is InChI=1S/C43H29NO3/c45-39-37-38(40(46)44(39)34-27-15-21-28-16-13-14-26-33(28)34)43(32-24-11-4-12-25-32)36(30-19-7-2-8-20-30)35(29-17-5-1-6-18-29)42(37,41(43)47)31-22-9-3-10-23-31/h1-27,37-38H. The SMILES string of the molecule is O=C1C2C(C(=O)N1c1cccc3ccccc13)C1(c3ccccc3)C(=O)C2(c2ccccc2)C(c2ccccc2)=C1c1ccccc1. The first-order valence-electron chi connectivity index (χ1n) is 16.0. The van der Waals surface area contributed by atoms with Gasteiger partial charge in [-0.1, -0.05) is 158 Å². The molecule has 2 bridgehead atoms. The summed E-state index contributed by atoms with van der Waals surface area (Å²) in [7, 11) is 0. The molecule has 4 unspecified atom stereocenters. The Kier molecular flexibility index (Phi) is 5.88. The van der Waals surface area contributed by atoms with E-state index in [2.05, 4.69) is 0 Å². The van der Waals surface area contributed by atoms with E-state index in [0.29, 0.717) is 5.69 Å². The van der Waals surface area contributed by atoms with E-state index in [1.165, 1.54) is 4.90 Å². The maximum absolute atomic E-state index is 16.0. The Morgan fingerprint density at radius 1 is 0.426 bits per heavy atom. The number of carbonyl (C=O) groups excluding carboxylic acids is 3. The first kappa shape index (κ1) is 27.4. The highest BCUT2D eigenvalue weighted by Gasteiger charge is 2.82. The number of Topliss-reactive ketones (excluding diaryl/α,β-unsaturated/α-hetero) is 1. The van der Waals surface area contributed by atoms with Gasteiger partial charge in [-0.2, -0.15) is 0 Å². The van der Waals surface area contributed by atoms with Crippen molar-refractivity contribution in [3.05, 3.63) is 186 Å². The first-order valence-corrected chi connectivity index (χ1v) is 16.0. The van der Waals surface area contributed by atoms with Gasteiger partial charge in [-0.05, 0) is 44.9 Å². The number of carbonyl (C=O) groups is 3. The van der Waals surface area contributed by atoms with Crippen LogP contribution in [0.4, 0.5) is 5.69 Å². The van der Waals surface area contributed by atoms with Crippen LogP contribution in [-0.4, -0.2) is 17.6 Å². The molecule has 2 aliphatic carbocycles. The summed E-state index contributed by atoms with van der Waals surface area (Å²) in [6.45, 7) is 0. The van der Waals surface area contributed by atoms with E-state index < -0.39 is 22.7 Å². The van der Waals surface area contributed by atoms with Crippen molar-refractivity contribution in [3.8, 4) is 0 Å². The third kappa shape index (κ3) is 3.39. The largest absolute Gasteiger partial charge is 0.297 e. The lowest BCUT2D eigenvalue weighted by Crippen LogP contribution is -2.45. The predicted molar refractivity (Wildman–Crippen MR) is 184 cm³/mol. The number of nitrogens with zero attached hydrogens (tertiary/aromatic N) is 1. The van der Waals surface area contributed by atoms with Crippen molar-refractivity contribution < 1.29 is 14.4 Å². The van der Waals surface area contributed by atoms with Crippen LogP contribution in [0.25, 0.3) is 21.9 Å². The summed E-state index contributed by atoms with van der Waals surface area (Å²) >= 11 is 0. The van der Waals surface area contributed by atoms with Crippen molar-refractivity contribution in [1.29, 1.82) is 0 Å². The summed E-state index contributed by atoms with van der Waals surface area (Å²) in [6.07, 6.45) is 0. The minimum Gasteiger partial charge on any atom is -0.297 e. The summed E-state index contributed by atoms with van der Waals surface area (Å²) in [6, 6.07) is 52.7. The Bertz CT molecular complexity index is 2140. The molecule has 1 heterocycles. The summed E-state index contributed by atoms with van der Waals surface area (Å²) in [5, 5.41) is 1.75. The number of allylic oxidation sites excluding steroid dienone is 2. The Morgan fingerprint density at radius 2 is 0.830 bits per heavy atom. The second-order valence-corrected chi connectivity index (χ2v) is 12.6. The summed E-state index contributed by atoms with van der Waals surface area (Å²) < 4.78 is 0. The van der Waals surface area contributed by atoms with E-state index in [9.17, 15) is 0 Å². The number of benzene rings is 6. The molecule has 0 N–H and O–H groups in total. The van der Waals surface area contributed by atoms with E-state index in [1.807, 2.05) is 164 Å². The Hall–Kier alpha value is -5.87. The molecule has 9 rings (SSSR count). The van der Waals surface area contributed by atoms with Crippen molar-refractivity contribution in [2.24, 2.45) is 11.8 Å². The lowest BCUT2D eigenvalue weighted by atomic mass is 9.59. The molecule has 47 heavy (non-hydrogen) atoms. The van der Waals surface area contributed by atoms with Gasteiger partial charge in [0.05, 0.1) is 28.4 Å². The number of hydrogen-bond acceptors (Lipinski definition) is 3. The van der Waals surface area contributed by atoms with Gasteiger partial charge >= 0.3 is 0 Å². The minimum absolute atomic E-state index is 0.116. The number of rotatable bonds is 5.